The van der Waals surface area contributed by atoms with Crippen molar-refractivity contribution < 1.29 is 0 Å². The van der Waals surface area contributed by atoms with Crippen molar-refractivity contribution in [2.45, 2.75) is 39.3 Å². The van der Waals surface area contributed by atoms with Crippen molar-refractivity contribution in [3.8, 4) is 0 Å². The summed E-state index contributed by atoms with van der Waals surface area (Å²) in [7, 11) is 0. The molecule has 19 heavy (non-hydrogen) atoms. The summed E-state index contributed by atoms with van der Waals surface area (Å²) in [5.41, 5.74) is 6.79. The average Bonchev–Trinajstić information content (AvgIpc) is 2.88. The third-order valence-corrected chi connectivity index (χ3v) is 3.46. The van der Waals surface area contributed by atoms with Crippen molar-refractivity contribution in [3.63, 3.8) is 0 Å². The summed E-state index contributed by atoms with van der Waals surface area (Å²) in [5, 5.41) is 4.29. The molecule has 0 amide bonds. The summed E-state index contributed by atoms with van der Waals surface area (Å²) in [6, 6.07) is 8.67. The zero-order chi connectivity index (χ0) is 13.7. The van der Waals surface area contributed by atoms with E-state index in [1.807, 2.05) is 10.9 Å². The second-order valence-corrected chi connectivity index (χ2v) is 4.90. The molecular formula is C15H22N4. The lowest BCUT2D eigenvalue weighted by atomic mass is 9.98. The second-order valence-electron chi connectivity index (χ2n) is 4.90. The predicted octanol–water partition coefficient (Wildman–Crippen LogP) is 1.83. The molecule has 1 atom stereocenters. The molecule has 4 heteroatoms. The molecule has 2 aromatic rings. The van der Waals surface area contributed by atoms with E-state index in [4.69, 9.17) is 5.84 Å². The largest absolute Gasteiger partial charge is 0.273 e. The van der Waals surface area contributed by atoms with Crippen LogP contribution in [0, 0.1) is 6.92 Å². The number of aryl methyl sites for hydroxylation is 2. The van der Waals surface area contributed by atoms with E-state index in [1.165, 1.54) is 16.7 Å². The van der Waals surface area contributed by atoms with Gasteiger partial charge in [-0.05, 0) is 43.4 Å². The van der Waals surface area contributed by atoms with Gasteiger partial charge in [-0.25, -0.2) is 0 Å². The van der Waals surface area contributed by atoms with Crippen molar-refractivity contribution in [2.75, 3.05) is 0 Å². The van der Waals surface area contributed by atoms with Crippen LogP contribution in [0.3, 0.4) is 0 Å². The summed E-state index contributed by atoms with van der Waals surface area (Å²) >= 11 is 0. The first-order chi connectivity index (χ1) is 9.22. The Kier molecular flexibility index (Phi) is 4.71. The molecule has 0 saturated heterocycles. The highest BCUT2D eigenvalue weighted by atomic mass is 15.3. The van der Waals surface area contributed by atoms with Gasteiger partial charge < -0.3 is 0 Å². The number of nitrogens with two attached hydrogens (primary N) is 1. The molecule has 0 radical (unpaired) electrons. The van der Waals surface area contributed by atoms with E-state index in [1.54, 1.807) is 0 Å². The van der Waals surface area contributed by atoms with Gasteiger partial charge in [-0.1, -0.05) is 24.3 Å². The molecule has 0 saturated carbocycles. The summed E-state index contributed by atoms with van der Waals surface area (Å²) in [6.45, 7) is 5.12. The fourth-order valence-corrected chi connectivity index (χ4v) is 2.26. The summed E-state index contributed by atoms with van der Waals surface area (Å²) in [4.78, 5) is 0. The maximum Gasteiger partial charge on any atom is 0.0522 e. The molecular weight excluding hydrogens is 236 g/mol. The van der Waals surface area contributed by atoms with Crippen LogP contribution < -0.4 is 11.3 Å². The van der Waals surface area contributed by atoms with Crippen LogP contribution in [0.2, 0.25) is 0 Å². The van der Waals surface area contributed by atoms with Crippen molar-refractivity contribution >= 4 is 0 Å². The molecule has 1 aromatic heterocycles. The van der Waals surface area contributed by atoms with Gasteiger partial charge in [-0.2, -0.15) is 5.10 Å². The quantitative estimate of drug-likeness (QED) is 0.614. The fraction of sp³-hybridized carbons (Fsp3) is 0.400. The van der Waals surface area contributed by atoms with Crippen LogP contribution >= 0.6 is 0 Å². The summed E-state index contributed by atoms with van der Waals surface area (Å²) < 4.78 is 1.94. The lowest BCUT2D eigenvalue weighted by molar-refractivity contribution is 0.521. The van der Waals surface area contributed by atoms with Crippen LogP contribution in [0.4, 0.5) is 0 Å². The van der Waals surface area contributed by atoms with Gasteiger partial charge in [0.05, 0.1) is 6.20 Å². The van der Waals surface area contributed by atoms with E-state index in [2.05, 4.69) is 54.8 Å². The SMILES string of the molecule is CCn1cc(CC(Cc2ccccc2C)NN)cn1. The lowest BCUT2D eigenvalue weighted by Crippen LogP contribution is -2.38. The van der Waals surface area contributed by atoms with Gasteiger partial charge in [-0.15, -0.1) is 0 Å². The van der Waals surface area contributed by atoms with E-state index >= 15 is 0 Å². The molecule has 4 nitrogen and oxygen atoms in total. The van der Waals surface area contributed by atoms with Crippen molar-refractivity contribution in [1.29, 1.82) is 0 Å². The number of rotatable bonds is 6. The van der Waals surface area contributed by atoms with Gasteiger partial charge in [0.25, 0.3) is 0 Å². The highest BCUT2D eigenvalue weighted by Gasteiger charge is 2.11. The first kappa shape index (κ1) is 13.8. The summed E-state index contributed by atoms with van der Waals surface area (Å²) in [6.07, 6.45) is 5.83. The fourth-order valence-electron chi connectivity index (χ4n) is 2.26. The molecule has 0 aliphatic heterocycles. The monoisotopic (exact) mass is 258 g/mol. The standard InChI is InChI=1S/C15H22N4/c1-3-19-11-13(10-17-19)8-15(18-16)9-14-7-5-4-6-12(14)2/h4-7,10-11,15,18H,3,8-9,16H2,1-2H3. The van der Waals surface area contributed by atoms with Crippen LogP contribution in [-0.2, 0) is 19.4 Å². The van der Waals surface area contributed by atoms with Gasteiger partial charge >= 0.3 is 0 Å². The predicted molar refractivity (Wildman–Crippen MR) is 77.6 cm³/mol. The Hall–Kier alpha value is -1.65. The molecule has 1 aromatic carbocycles. The minimum Gasteiger partial charge on any atom is -0.273 e. The van der Waals surface area contributed by atoms with Gasteiger partial charge in [-0.3, -0.25) is 16.0 Å². The van der Waals surface area contributed by atoms with E-state index < -0.39 is 0 Å². The smallest absolute Gasteiger partial charge is 0.0522 e. The van der Waals surface area contributed by atoms with Crippen molar-refractivity contribution in [2.24, 2.45) is 5.84 Å². The Labute approximate surface area is 114 Å². The van der Waals surface area contributed by atoms with E-state index in [-0.39, 0.29) is 6.04 Å². The number of benzene rings is 1. The third kappa shape index (κ3) is 3.66. The first-order valence-electron chi connectivity index (χ1n) is 6.75. The van der Waals surface area contributed by atoms with Gasteiger partial charge in [0.1, 0.15) is 0 Å². The van der Waals surface area contributed by atoms with E-state index in [9.17, 15) is 0 Å². The molecule has 3 N–H and O–H groups in total. The number of hydrogen-bond donors (Lipinski definition) is 2. The van der Waals surface area contributed by atoms with Gasteiger partial charge in [0, 0.05) is 18.8 Å². The topological polar surface area (TPSA) is 55.9 Å². The minimum absolute atomic E-state index is 0.232. The number of hydrogen-bond acceptors (Lipinski definition) is 3. The lowest BCUT2D eigenvalue weighted by Gasteiger charge is -2.16. The molecule has 0 spiro atoms. The zero-order valence-corrected chi connectivity index (χ0v) is 11.6. The van der Waals surface area contributed by atoms with Crippen molar-refractivity contribution in [3.05, 3.63) is 53.3 Å². The average molecular weight is 258 g/mol. The van der Waals surface area contributed by atoms with Crippen LogP contribution in [-0.4, -0.2) is 15.8 Å². The van der Waals surface area contributed by atoms with E-state index in [0.717, 1.165) is 19.4 Å². The summed E-state index contributed by atoms with van der Waals surface area (Å²) in [5.74, 6) is 5.68. The molecule has 0 fully saturated rings. The van der Waals surface area contributed by atoms with Crippen molar-refractivity contribution in [1.82, 2.24) is 15.2 Å². The highest BCUT2D eigenvalue weighted by molar-refractivity contribution is 5.26. The normalized spacial score (nSPS) is 12.6. The Morgan fingerprint density at radius 2 is 2.11 bits per heavy atom. The van der Waals surface area contributed by atoms with Crippen LogP contribution in [0.25, 0.3) is 0 Å². The number of nitrogens with one attached hydrogen (secondary N) is 1. The Bertz CT molecular complexity index is 518. The zero-order valence-electron chi connectivity index (χ0n) is 11.6. The van der Waals surface area contributed by atoms with E-state index in [0.29, 0.717) is 0 Å². The molecule has 0 bridgehead atoms. The molecule has 1 heterocycles. The second kappa shape index (κ2) is 6.50. The third-order valence-electron chi connectivity index (χ3n) is 3.46. The highest BCUT2D eigenvalue weighted by Crippen LogP contribution is 2.12. The Morgan fingerprint density at radius 1 is 1.32 bits per heavy atom. The number of nitrogens with zero attached hydrogens (tertiary/aromatic N) is 2. The minimum atomic E-state index is 0.232. The maximum absolute atomic E-state index is 5.68. The number of aromatic nitrogens is 2. The Morgan fingerprint density at radius 3 is 2.74 bits per heavy atom. The molecule has 0 aliphatic carbocycles. The van der Waals surface area contributed by atoms with Gasteiger partial charge in [0.2, 0.25) is 0 Å². The van der Waals surface area contributed by atoms with Crippen LogP contribution in [0.15, 0.2) is 36.7 Å². The molecule has 0 aliphatic rings. The maximum atomic E-state index is 5.68. The number of hydrazine groups is 1. The molecule has 2 rings (SSSR count). The molecule has 102 valence electrons. The Balaban J connectivity index is 2.02. The van der Waals surface area contributed by atoms with Crippen LogP contribution in [0.1, 0.15) is 23.6 Å². The van der Waals surface area contributed by atoms with Gasteiger partial charge in [0.15, 0.2) is 0 Å². The molecule has 1 unspecified atom stereocenters. The van der Waals surface area contributed by atoms with Crippen LogP contribution in [0.5, 0.6) is 0 Å². The first-order valence-corrected chi connectivity index (χ1v) is 6.75.